The summed E-state index contributed by atoms with van der Waals surface area (Å²) in [6.45, 7) is 5.84. The number of aliphatic hydroxyl groups excluding tert-OH is 1. The number of rotatable bonds is 6. The molecule has 0 radical (unpaired) electrons. The zero-order chi connectivity index (χ0) is 15.9. The number of nitrogens with one attached hydrogen (secondary N) is 1. The SMILES string of the molecule is CC(C)(C)OC(=O)NCCCOc1ccc(F)cc1CO. The highest BCUT2D eigenvalue weighted by molar-refractivity contribution is 5.67. The van der Waals surface area contributed by atoms with E-state index in [2.05, 4.69) is 5.32 Å². The molecule has 0 unspecified atom stereocenters. The van der Waals surface area contributed by atoms with E-state index < -0.39 is 17.5 Å². The average Bonchev–Trinajstić information content (AvgIpc) is 2.37. The molecule has 0 bridgehead atoms. The molecule has 1 aromatic carbocycles. The highest BCUT2D eigenvalue weighted by Crippen LogP contribution is 2.19. The van der Waals surface area contributed by atoms with E-state index in [4.69, 9.17) is 14.6 Å². The molecule has 0 aliphatic rings. The van der Waals surface area contributed by atoms with Gasteiger partial charge in [-0.25, -0.2) is 9.18 Å². The number of halogens is 1. The number of ether oxygens (including phenoxy) is 2. The molecule has 5 nitrogen and oxygen atoms in total. The van der Waals surface area contributed by atoms with Crippen LogP contribution in [0.1, 0.15) is 32.8 Å². The first kappa shape index (κ1) is 17.2. The molecule has 1 aromatic rings. The molecule has 0 aliphatic carbocycles. The van der Waals surface area contributed by atoms with Crippen LogP contribution in [0.4, 0.5) is 9.18 Å². The van der Waals surface area contributed by atoms with Gasteiger partial charge in [-0.2, -0.15) is 0 Å². The molecule has 2 N–H and O–H groups in total. The summed E-state index contributed by atoms with van der Waals surface area (Å²) in [5.41, 5.74) is -0.125. The fraction of sp³-hybridized carbons (Fsp3) is 0.533. The summed E-state index contributed by atoms with van der Waals surface area (Å²) < 4.78 is 23.5. The first-order valence-electron chi connectivity index (χ1n) is 6.81. The van der Waals surface area contributed by atoms with Crippen LogP contribution in [0, 0.1) is 5.82 Å². The van der Waals surface area contributed by atoms with E-state index in [9.17, 15) is 9.18 Å². The van der Waals surface area contributed by atoms with E-state index in [1.54, 1.807) is 20.8 Å². The van der Waals surface area contributed by atoms with Crippen LogP contribution in [0.15, 0.2) is 18.2 Å². The highest BCUT2D eigenvalue weighted by Gasteiger charge is 2.15. The third kappa shape index (κ3) is 6.94. The molecule has 0 saturated heterocycles. The molecule has 0 aliphatic heterocycles. The lowest BCUT2D eigenvalue weighted by atomic mass is 10.2. The van der Waals surface area contributed by atoms with Crippen LogP contribution in [0.25, 0.3) is 0 Å². The molecule has 21 heavy (non-hydrogen) atoms. The van der Waals surface area contributed by atoms with Gasteiger partial charge in [0.15, 0.2) is 0 Å². The minimum absolute atomic E-state index is 0.288. The van der Waals surface area contributed by atoms with Crippen molar-refractivity contribution < 1.29 is 23.8 Å². The zero-order valence-corrected chi connectivity index (χ0v) is 12.6. The Morgan fingerprint density at radius 3 is 2.71 bits per heavy atom. The van der Waals surface area contributed by atoms with Crippen molar-refractivity contribution >= 4 is 6.09 Å². The summed E-state index contributed by atoms with van der Waals surface area (Å²) in [6.07, 6.45) is 0.0990. The van der Waals surface area contributed by atoms with Crippen molar-refractivity contribution in [1.29, 1.82) is 0 Å². The smallest absolute Gasteiger partial charge is 0.407 e. The van der Waals surface area contributed by atoms with Crippen LogP contribution in [-0.2, 0) is 11.3 Å². The van der Waals surface area contributed by atoms with E-state index in [-0.39, 0.29) is 6.61 Å². The molecular formula is C15H22FNO4. The van der Waals surface area contributed by atoms with Crippen molar-refractivity contribution in [2.24, 2.45) is 0 Å². The van der Waals surface area contributed by atoms with Crippen LogP contribution < -0.4 is 10.1 Å². The van der Waals surface area contributed by atoms with Crippen LogP contribution in [0.3, 0.4) is 0 Å². The standard InChI is InChI=1S/C15H22FNO4/c1-15(2,3)21-14(19)17-7-4-8-20-13-6-5-12(16)9-11(13)10-18/h5-6,9,18H,4,7-8,10H2,1-3H3,(H,17,19). The van der Waals surface area contributed by atoms with Gasteiger partial charge >= 0.3 is 6.09 Å². The largest absolute Gasteiger partial charge is 0.493 e. The van der Waals surface area contributed by atoms with Gasteiger partial charge in [0.1, 0.15) is 17.2 Å². The molecule has 0 heterocycles. The second-order valence-corrected chi connectivity index (χ2v) is 5.54. The summed E-state index contributed by atoms with van der Waals surface area (Å²) in [7, 11) is 0. The molecule has 1 amide bonds. The van der Waals surface area contributed by atoms with Gasteiger partial charge < -0.3 is 19.9 Å². The Morgan fingerprint density at radius 2 is 2.10 bits per heavy atom. The third-order valence-electron chi connectivity index (χ3n) is 2.44. The Bertz CT molecular complexity index is 471. The summed E-state index contributed by atoms with van der Waals surface area (Å²) in [4.78, 5) is 11.4. The van der Waals surface area contributed by atoms with Crippen molar-refractivity contribution in [3.05, 3.63) is 29.6 Å². The van der Waals surface area contributed by atoms with Gasteiger partial charge in [0.2, 0.25) is 0 Å². The summed E-state index contributed by atoms with van der Waals surface area (Å²) in [5, 5.41) is 11.7. The van der Waals surface area contributed by atoms with Crippen LogP contribution >= 0.6 is 0 Å². The number of hydrogen-bond donors (Lipinski definition) is 2. The molecule has 0 aromatic heterocycles. The van der Waals surface area contributed by atoms with Gasteiger partial charge in [0, 0.05) is 12.1 Å². The fourth-order valence-corrected chi connectivity index (χ4v) is 1.57. The molecule has 0 saturated carbocycles. The lowest BCUT2D eigenvalue weighted by Gasteiger charge is -2.19. The molecule has 0 fully saturated rings. The predicted octanol–water partition coefficient (Wildman–Crippen LogP) is 2.61. The van der Waals surface area contributed by atoms with Gasteiger partial charge in [-0.15, -0.1) is 0 Å². The van der Waals surface area contributed by atoms with E-state index in [0.29, 0.717) is 30.9 Å². The van der Waals surface area contributed by atoms with Gasteiger partial charge in [-0.05, 0) is 45.4 Å². The lowest BCUT2D eigenvalue weighted by Crippen LogP contribution is -2.33. The maximum atomic E-state index is 13.0. The first-order chi connectivity index (χ1) is 9.81. The minimum Gasteiger partial charge on any atom is -0.493 e. The normalized spacial score (nSPS) is 11.1. The zero-order valence-electron chi connectivity index (χ0n) is 12.6. The monoisotopic (exact) mass is 299 g/mol. The van der Waals surface area contributed by atoms with E-state index >= 15 is 0 Å². The number of amides is 1. The number of alkyl carbamates (subject to hydrolysis) is 1. The third-order valence-corrected chi connectivity index (χ3v) is 2.44. The summed E-state index contributed by atoms with van der Waals surface area (Å²) in [6, 6.07) is 3.98. The van der Waals surface area contributed by atoms with Crippen molar-refractivity contribution in [3.63, 3.8) is 0 Å². The maximum absolute atomic E-state index is 13.0. The summed E-state index contributed by atoms with van der Waals surface area (Å²) >= 11 is 0. The molecular weight excluding hydrogens is 277 g/mol. The van der Waals surface area contributed by atoms with E-state index in [1.807, 2.05) is 0 Å². The van der Waals surface area contributed by atoms with Crippen molar-refractivity contribution in [1.82, 2.24) is 5.32 Å². The Morgan fingerprint density at radius 1 is 1.38 bits per heavy atom. The molecule has 6 heteroatoms. The van der Waals surface area contributed by atoms with Gasteiger partial charge in [0.25, 0.3) is 0 Å². The second kappa shape index (κ2) is 7.83. The van der Waals surface area contributed by atoms with Gasteiger partial charge in [-0.1, -0.05) is 0 Å². The maximum Gasteiger partial charge on any atom is 0.407 e. The predicted molar refractivity (Wildman–Crippen MR) is 76.7 cm³/mol. The Balaban J connectivity index is 2.27. The van der Waals surface area contributed by atoms with Crippen LogP contribution in [0.5, 0.6) is 5.75 Å². The van der Waals surface area contributed by atoms with Gasteiger partial charge in [-0.3, -0.25) is 0 Å². The van der Waals surface area contributed by atoms with E-state index in [1.165, 1.54) is 18.2 Å². The lowest BCUT2D eigenvalue weighted by molar-refractivity contribution is 0.0525. The Kier molecular flexibility index (Phi) is 6.42. The molecule has 0 atom stereocenters. The van der Waals surface area contributed by atoms with Gasteiger partial charge in [0.05, 0.1) is 13.2 Å². The average molecular weight is 299 g/mol. The molecule has 0 spiro atoms. The highest BCUT2D eigenvalue weighted by atomic mass is 19.1. The Labute approximate surface area is 124 Å². The van der Waals surface area contributed by atoms with Crippen LogP contribution in [-0.4, -0.2) is 30.0 Å². The number of benzene rings is 1. The van der Waals surface area contributed by atoms with Crippen molar-refractivity contribution in [2.75, 3.05) is 13.2 Å². The van der Waals surface area contributed by atoms with Crippen molar-refractivity contribution in [2.45, 2.75) is 39.4 Å². The Hall–Kier alpha value is -1.82. The quantitative estimate of drug-likeness (QED) is 0.792. The summed E-state index contributed by atoms with van der Waals surface area (Å²) in [5.74, 6) is 0.0224. The van der Waals surface area contributed by atoms with E-state index in [0.717, 1.165) is 0 Å². The first-order valence-corrected chi connectivity index (χ1v) is 6.81. The van der Waals surface area contributed by atoms with Crippen molar-refractivity contribution in [3.8, 4) is 5.75 Å². The number of carbonyl (C=O) groups is 1. The molecule has 1 rings (SSSR count). The second-order valence-electron chi connectivity index (χ2n) is 5.54. The van der Waals surface area contributed by atoms with Crippen LogP contribution in [0.2, 0.25) is 0 Å². The fourth-order valence-electron chi connectivity index (χ4n) is 1.57. The number of hydrogen-bond acceptors (Lipinski definition) is 4. The number of aliphatic hydroxyl groups is 1. The minimum atomic E-state index is -0.523. The number of carbonyl (C=O) groups excluding carboxylic acids is 1. The molecule has 118 valence electrons. The topological polar surface area (TPSA) is 67.8 Å².